The van der Waals surface area contributed by atoms with Crippen LogP contribution < -0.4 is 21.5 Å². The van der Waals surface area contributed by atoms with Crippen molar-refractivity contribution >= 4 is 35.1 Å². The molecule has 1 aliphatic heterocycles. The summed E-state index contributed by atoms with van der Waals surface area (Å²) < 4.78 is 11.0. The summed E-state index contributed by atoms with van der Waals surface area (Å²) in [5.74, 6) is 0.645. The Labute approximate surface area is 218 Å². The summed E-state index contributed by atoms with van der Waals surface area (Å²) >= 11 is 0. The Kier molecular flexibility index (Phi) is 10.7. The molecule has 0 aliphatic carbocycles. The second-order valence-corrected chi connectivity index (χ2v) is 8.75. The van der Waals surface area contributed by atoms with Crippen LogP contribution in [0.15, 0.2) is 53.0 Å². The topological polar surface area (TPSA) is 132 Å². The van der Waals surface area contributed by atoms with Crippen LogP contribution in [0, 0.1) is 0 Å². The molecule has 37 heavy (non-hydrogen) atoms. The lowest BCUT2D eigenvalue weighted by atomic mass is 10.0. The highest BCUT2D eigenvalue weighted by Gasteiger charge is 2.21. The molecule has 2 amide bonds. The first-order chi connectivity index (χ1) is 17.9. The van der Waals surface area contributed by atoms with Crippen LogP contribution in [0.25, 0.3) is 6.08 Å². The summed E-state index contributed by atoms with van der Waals surface area (Å²) in [5.41, 5.74) is 14.5. The van der Waals surface area contributed by atoms with Crippen molar-refractivity contribution in [3.63, 3.8) is 0 Å². The number of anilines is 1. The van der Waals surface area contributed by atoms with E-state index in [1.165, 1.54) is 0 Å². The van der Waals surface area contributed by atoms with Gasteiger partial charge >= 0.3 is 0 Å². The number of aliphatic imine (C=N–C) groups is 1. The lowest BCUT2D eigenvalue weighted by molar-refractivity contribution is -0.127. The lowest BCUT2D eigenvalue weighted by Crippen LogP contribution is -2.34. The zero-order valence-electron chi connectivity index (χ0n) is 21.7. The van der Waals surface area contributed by atoms with Gasteiger partial charge < -0.3 is 31.2 Å². The van der Waals surface area contributed by atoms with Crippen LogP contribution in [0.3, 0.4) is 0 Å². The number of rotatable bonds is 13. The predicted molar refractivity (Wildman–Crippen MR) is 147 cm³/mol. The maximum absolute atomic E-state index is 13.2. The van der Waals surface area contributed by atoms with Crippen molar-refractivity contribution in [3.05, 3.63) is 59.2 Å². The molecular weight excluding hydrogens is 470 g/mol. The van der Waals surface area contributed by atoms with Gasteiger partial charge in [0.1, 0.15) is 18.2 Å². The molecule has 0 spiro atoms. The maximum atomic E-state index is 13.2. The van der Waals surface area contributed by atoms with Gasteiger partial charge in [-0.15, -0.1) is 0 Å². The number of fused-ring (bicyclic) bond motifs is 1. The van der Waals surface area contributed by atoms with Crippen molar-refractivity contribution in [3.8, 4) is 5.75 Å². The van der Waals surface area contributed by atoms with E-state index in [9.17, 15) is 9.59 Å². The van der Waals surface area contributed by atoms with Crippen LogP contribution in [0.2, 0.25) is 0 Å². The van der Waals surface area contributed by atoms with Gasteiger partial charge in [0.25, 0.3) is 5.91 Å². The third kappa shape index (κ3) is 8.16. The van der Waals surface area contributed by atoms with Crippen LogP contribution in [0.5, 0.6) is 5.75 Å². The molecule has 2 aromatic carbocycles. The molecule has 9 heteroatoms. The van der Waals surface area contributed by atoms with Gasteiger partial charge in [-0.2, -0.15) is 0 Å². The van der Waals surface area contributed by atoms with Crippen molar-refractivity contribution in [2.24, 2.45) is 16.5 Å². The Morgan fingerprint density at radius 2 is 1.84 bits per heavy atom. The standard InChI is InChI=1S/C28H37N5O4/c1-3-11-33(12-4-2)28(35)22-16-20-8-9-21(17-25(20)32-26(30)18-22)27(34)31-23-6-5-7-24(19-23)37-15-14-36-13-10-29/h5-9,16-17,19H,3-4,10-15,18,29H2,1-2H3,(H2,30,32)(H,31,34). The molecule has 2 aromatic rings. The minimum atomic E-state index is -0.290. The quantitative estimate of drug-likeness (QED) is 0.354. The van der Waals surface area contributed by atoms with E-state index in [0.29, 0.717) is 73.6 Å². The average molecular weight is 508 g/mol. The van der Waals surface area contributed by atoms with E-state index in [1.807, 2.05) is 17.0 Å². The first-order valence-corrected chi connectivity index (χ1v) is 12.7. The molecule has 3 rings (SSSR count). The van der Waals surface area contributed by atoms with Crippen molar-refractivity contribution in [1.29, 1.82) is 0 Å². The zero-order chi connectivity index (χ0) is 26.6. The number of benzene rings is 2. The van der Waals surface area contributed by atoms with Gasteiger partial charge in [-0.25, -0.2) is 4.99 Å². The van der Waals surface area contributed by atoms with Gasteiger partial charge in [0.05, 0.1) is 18.9 Å². The third-order valence-electron chi connectivity index (χ3n) is 5.66. The molecule has 198 valence electrons. The molecule has 0 atom stereocenters. The van der Waals surface area contributed by atoms with E-state index in [1.54, 1.807) is 36.4 Å². The first kappa shape index (κ1) is 27.9. The zero-order valence-corrected chi connectivity index (χ0v) is 21.7. The highest BCUT2D eigenvalue weighted by molar-refractivity contribution is 6.08. The summed E-state index contributed by atoms with van der Waals surface area (Å²) in [5, 5.41) is 2.89. The summed E-state index contributed by atoms with van der Waals surface area (Å²) in [4.78, 5) is 32.5. The average Bonchev–Trinajstić information content (AvgIpc) is 3.05. The van der Waals surface area contributed by atoms with Crippen molar-refractivity contribution in [2.45, 2.75) is 33.1 Å². The molecule has 9 nitrogen and oxygen atoms in total. The second kappa shape index (κ2) is 14.2. The number of carbonyl (C=O) groups excluding carboxylic acids is 2. The van der Waals surface area contributed by atoms with Gasteiger partial charge in [-0.3, -0.25) is 9.59 Å². The fourth-order valence-electron chi connectivity index (χ4n) is 4.00. The summed E-state index contributed by atoms with van der Waals surface area (Å²) in [6.45, 7) is 7.27. The minimum absolute atomic E-state index is 0.0236. The van der Waals surface area contributed by atoms with E-state index in [0.717, 1.165) is 18.4 Å². The highest BCUT2D eigenvalue weighted by Crippen LogP contribution is 2.29. The molecule has 0 aromatic heterocycles. The molecular formula is C28H37N5O4. The molecule has 0 radical (unpaired) electrons. The molecule has 5 N–H and O–H groups in total. The number of nitrogens with zero attached hydrogens (tertiary/aromatic N) is 2. The van der Waals surface area contributed by atoms with Crippen LogP contribution in [0.4, 0.5) is 11.4 Å². The molecule has 0 saturated carbocycles. The van der Waals surface area contributed by atoms with Crippen molar-refractivity contribution < 1.29 is 19.1 Å². The number of nitrogens with one attached hydrogen (secondary N) is 1. The summed E-state index contributed by atoms with van der Waals surface area (Å²) in [7, 11) is 0. The predicted octanol–water partition coefficient (Wildman–Crippen LogP) is 3.72. The molecule has 0 fully saturated rings. The number of hydrogen-bond donors (Lipinski definition) is 3. The Balaban J connectivity index is 1.73. The molecule has 1 heterocycles. The van der Waals surface area contributed by atoms with Gasteiger partial charge in [0.2, 0.25) is 5.91 Å². The number of hydrogen-bond acceptors (Lipinski definition) is 7. The van der Waals surface area contributed by atoms with Crippen molar-refractivity contribution in [2.75, 3.05) is 44.8 Å². The van der Waals surface area contributed by atoms with E-state index in [2.05, 4.69) is 24.2 Å². The summed E-state index contributed by atoms with van der Waals surface area (Å²) in [6.07, 6.45) is 3.87. The Morgan fingerprint density at radius 3 is 2.57 bits per heavy atom. The highest BCUT2D eigenvalue weighted by atomic mass is 16.5. The molecule has 0 saturated heterocycles. The fraction of sp³-hybridized carbons (Fsp3) is 0.393. The van der Waals surface area contributed by atoms with Crippen molar-refractivity contribution in [1.82, 2.24) is 4.90 Å². The molecule has 0 bridgehead atoms. The van der Waals surface area contributed by atoms with Crippen LogP contribution in [0.1, 0.15) is 49.0 Å². The maximum Gasteiger partial charge on any atom is 0.255 e. The van der Waals surface area contributed by atoms with Crippen LogP contribution in [-0.2, 0) is 9.53 Å². The number of ether oxygens (including phenoxy) is 2. The lowest BCUT2D eigenvalue weighted by Gasteiger charge is -2.22. The number of amides is 2. The van der Waals surface area contributed by atoms with Gasteiger partial charge in [-0.1, -0.05) is 26.0 Å². The van der Waals surface area contributed by atoms with Gasteiger partial charge in [-0.05, 0) is 43.2 Å². The number of carbonyl (C=O) groups is 2. The van der Waals surface area contributed by atoms with Crippen LogP contribution >= 0.6 is 0 Å². The van der Waals surface area contributed by atoms with E-state index in [4.69, 9.17) is 20.9 Å². The number of amidine groups is 1. The molecule has 0 unspecified atom stereocenters. The normalized spacial score (nSPS) is 12.6. The van der Waals surface area contributed by atoms with Gasteiger partial charge in [0, 0.05) is 54.5 Å². The smallest absolute Gasteiger partial charge is 0.255 e. The minimum Gasteiger partial charge on any atom is -0.491 e. The van der Waals surface area contributed by atoms with E-state index >= 15 is 0 Å². The SMILES string of the molecule is CCCN(CCC)C(=O)C1=Cc2ccc(C(=O)Nc3cccc(OCCOCCN)c3)cc2N=C(N)C1. The fourth-order valence-corrected chi connectivity index (χ4v) is 4.00. The Hall–Kier alpha value is -3.69. The number of nitrogens with two attached hydrogens (primary N) is 2. The van der Waals surface area contributed by atoms with E-state index < -0.39 is 0 Å². The van der Waals surface area contributed by atoms with Crippen LogP contribution in [-0.4, -0.2) is 62.0 Å². The monoisotopic (exact) mass is 507 g/mol. The first-order valence-electron chi connectivity index (χ1n) is 12.7. The largest absolute Gasteiger partial charge is 0.491 e. The third-order valence-corrected chi connectivity index (χ3v) is 5.66. The van der Waals surface area contributed by atoms with Gasteiger partial charge in [0.15, 0.2) is 0 Å². The Bertz CT molecular complexity index is 1140. The second-order valence-electron chi connectivity index (χ2n) is 8.75. The Morgan fingerprint density at radius 1 is 1.05 bits per heavy atom. The summed E-state index contributed by atoms with van der Waals surface area (Å²) in [6, 6.07) is 12.3. The molecule has 1 aliphatic rings. The van der Waals surface area contributed by atoms with E-state index in [-0.39, 0.29) is 18.2 Å².